The van der Waals surface area contributed by atoms with E-state index in [0.717, 1.165) is 37.1 Å². The quantitative estimate of drug-likeness (QED) is 0.287. The molecule has 0 heterocycles. The third-order valence-electron chi connectivity index (χ3n) is 3.99. The van der Waals surface area contributed by atoms with Crippen LogP contribution >= 0.6 is 0 Å². The molecule has 2 nitrogen and oxygen atoms in total. The molecule has 2 N–H and O–H groups in total. The Morgan fingerprint density at radius 1 is 1.05 bits per heavy atom. The Bertz CT molecular complexity index is 437. The molecule has 0 aliphatic rings. The summed E-state index contributed by atoms with van der Waals surface area (Å²) in [7, 11) is 0. The predicted octanol–water partition coefficient (Wildman–Crippen LogP) is 6.30. The highest BCUT2D eigenvalue weighted by Gasteiger charge is 2.13. The maximum Gasteiger partial charge on any atom is 0.0464 e. The Balaban J connectivity index is 5.81. The molecule has 0 bridgehead atoms. The normalized spacial score (nSPS) is 15.1. The lowest BCUT2D eigenvalue weighted by Gasteiger charge is -2.17. The van der Waals surface area contributed by atoms with Gasteiger partial charge in [-0.05, 0) is 57.6 Å². The smallest absolute Gasteiger partial charge is 0.0464 e. The minimum absolute atomic E-state index is 0.921. The molecule has 0 aromatic rings. The van der Waals surface area contributed by atoms with Gasteiger partial charge in [-0.1, -0.05) is 46.1 Å². The molecular weight excluding hydrogens is 268 g/mol. The Kier molecular flexibility index (Phi) is 11.5. The first kappa shape index (κ1) is 20.7. The molecule has 0 saturated carbocycles. The molecule has 2 heteroatoms. The first-order valence-corrected chi connectivity index (χ1v) is 8.87. The highest BCUT2D eigenvalue weighted by Crippen LogP contribution is 2.28. The average Bonchev–Trinajstić information content (AvgIpc) is 2.51. The Labute approximate surface area is 138 Å². The Hall–Kier alpha value is -1.31. The van der Waals surface area contributed by atoms with Crippen molar-refractivity contribution in [3.8, 4) is 0 Å². The predicted molar refractivity (Wildman–Crippen MR) is 101 cm³/mol. The number of hydrogen-bond donors (Lipinski definition) is 1. The summed E-state index contributed by atoms with van der Waals surface area (Å²) in [6.07, 6.45) is 12.3. The molecule has 0 spiro atoms. The minimum atomic E-state index is 0.921. The van der Waals surface area contributed by atoms with Crippen molar-refractivity contribution in [3.05, 3.63) is 34.2 Å². The highest BCUT2D eigenvalue weighted by molar-refractivity contribution is 5.58. The van der Waals surface area contributed by atoms with Crippen LogP contribution in [0.25, 0.3) is 0 Å². The van der Waals surface area contributed by atoms with Crippen LogP contribution < -0.4 is 5.73 Å². The van der Waals surface area contributed by atoms with E-state index in [0.29, 0.717) is 0 Å². The SMILES string of the molecule is CC=N/C(C)=C(C(=C\CCC)/CCCCC)\C(N)=C(/C)CC. The van der Waals surface area contributed by atoms with E-state index >= 15 is 0 Å². The third kappa shape index (κ3) is 7.11. The van der Waals surface area contributed by atoms with E-state index in [4.69, 9.17) is 5.73 Å². The van der Waals surface area contributed by atoms with Gasteiger partial charge in [-0.2, -0.15) is 0 Å². The van der Waals surface area contributed by atoms with E-state index in [-0.39, 0.29) is 0 Å². The van der Waals surface area contributed by atoms with Gasteiger partial charge in [0.2, 0.25) is 0 Å². The van der Waals surface area contributed by atoms with Crippen molar-refractivity contribution in [2.24, 2.45) is 10.7 Å². The molecule has 0 aromatic heterocycles. The van der Waals surface area contributed by atoms with Gasteiger partial charge in [0.1, 0.15) is 0 Å². The zero-order chi connectivity index (χ0) is 17.0. The van der Waals surface area contributed by atoms with Gasteiger partial charge in [0.05, 0.1) is 0 Å². The standard InChI is InChI=1S/C20H36N2/c1-7-11-13-15-18(14-12-8-2)19(17(6)22-10-4)20(21)16(5)9-3/h10,14H,7-9,11-13,15,21H2,1-6H3/b18-14-,19-17-,20-16-,22-10?. The van der Waals surface area contributed by atoms with Gasteiger partial charge in [-0.3, -0.25) is 4.99 Å². The number of nitrogens with two attached hydrogens (primary N) is 1. The highest BCUT2D eigenvalue weighted by atomic mass is 14.7. The van der Waals surface area contributed by atoms with Gasteiger partial charge >= 0.3 is 0 Å². The monoisotopic (exact) mass is 304 g/mol. The molecule has 0 atom stereocenters. The number of hydrogen-bond acceptors (Lipinski definition) is 2. The third-order valence-corrected chi connectivity index (χ3v) is 3.99. The van der Waals surface area contributed by atoms with Crippen molar-refractivity contribution in [1.82, 2.24) is 0 Å². The average molecular weight is 305 g/mol. The van der Waals surface area contributed by atoms with Crippen LogP contribution in [-0.2, 0) is 0 Å². The number of rotatable bonds is 10. The number of nitrogens with zero attached hydrogens (tertiary/aromatic N) is 1. The van der Waals surface area contributed by atoms with E-state index in [1.54, 1.807) is 0 Å². The molecular formula is C20H36N2. The van der Waals surface area contributed by atoms with E-state index < -0.39 is 0 Å². The number of allylic oxidation sites excluding steroid dienone is 4. The summed E-state index contributed by atoms with van der Waals surface area (Å²) in [6.45, 7) is 12.8. The summed E-state index contributed by atoms with van der Waals surface area (Å²) in [6, 6.07) is 0. The zero-order valence-electron chi connectivity index (χ0n) is 15.6. The lowest BCUT2D eigenvalue weighted by Crippen LogP contribution is -2.09. The summed E-state index contributed by atoms with van der Waals surface area (Å²) in [5.74, 6) is 0. The van der Waals surface area contributed by atoms with Crippen LogP contribution in [0.15, 0.2) is 39.2 Å². The molecule has 126 valence electrons. The van der Waals surface area contributed by atoms with Gasteiger partial charge in [0, 0.05) is 23.2 Å². The van der Waals surface area contributed by atoms with Gasteiger partial charge in [-0.15, -0.1) is 0 Å². The van der Waals surface area contributed by atoms with Crippen molar-refractivity contribution < 1.29 is 0 Å². The summed E-state index contributed by atoms with van der Waals surface area (Å²) >= 11 is 0. The van der Waals surface area contributed by atoms with Crippen molar-refractivity contribution in [1.29, 1.82) is 0 Å². The van der Waals surface area contributed by atoms with Crippen LogP contribution in [-0.4, -0.2) is 6.21 Å². The fourth-order valence-corrected chi connectivity index (χ4v) is 2.48. The van der Waals surface area contributed by atoms with Crippen LogP contribution in [0, 0.1) is 0 Å². The minimum Gasteiger partial charge on any atom is -0.398 e. The van der Waals surface area contributed by atoms with Crippen LogP contribution in [0.5, 0.6) is 0 Å². The molecule has 0 rings (SSSR count). The first-order chi connectivity index (χ1) is 10.5. The topological polar surface area (TPSA) is 38.4 Å². The number of aliphatic imine (C=N–C) groups is 1. The zero-order valence-corrected chi connectivity index (χ0v) is 15.6. The molecule has 0 aliphatic carbocycles. The molecule has 0 radical (unpaired) electrons. The number of unbranched alkanes of at least 4 members (excludes halogenated alkanes) is 3. The second-order valence-corrected chi connectivity index (χ2v) is 5.87. The summed E-state index contributed by atoms with van der Waals surface area (Å²) in [4.78, 5) is 4.52. The van der Waals surface area contributed by atoms with Crippen LogP contribution in [0.1, 0.15) is 86.5 Å². The summed E-state index contributed by atoms with van der Waals surface area (Å²) in [5, 5.41) is 0. The molecule has 22 heavy (non-hydrogen) atoms. The van der Waals surface area contributed by atoms with E-state index in [9.17, 15) is 0 Å². The van der Waals surface area contributed by atoms with Gasteiger partial charge in [0.25, 0.3) is 0 Å². The molecule has 0 saturated heterocycles. The van der Waals surface area contributed by atoms with Gasteiger partial charge < -0.3 is 5.73 Å². The van der Waals surface area contributed by atoms with Crippen LogP contribution in [0.4, 0.5) is 0 Å². The van der Waals surface area contributed by atoms with E-state index in [1.807, 2.05) is 13.1 Å². The van der Waals surface area contributed by atoms with Crippen molar-refractivity contribution in [2.75, 3.05) is 0 Å². The maximum atomic E-state index is 6.49. The largest absolute Gasteiger partial charge is 0.398 e. The van der Waals surface area contributed by atoms with Gasteiger partial charge in [-0.25, -0.2) is 0 Å². The second kappa shape index (κ2) is 12.3. The second-order valence-electron chi connectivity index (χ2n) is 5.87. The van der Waals surface area contributed by atoms with Gasteiger partial charge in [0.15, 0.2) is 0 Å². The fourth-order valence-electron chi connectivity index (χ4n) is 2.48. The maximum absolute atomic E-state index is 6.49. The summed E-state index contributed by atoms with van der Waals surface area (Å²) in [5.41, 5.74) is 12.2. The molecule has 0 aromatic carbocycles. The fraction of sp³-hybridized carbons (Fsp3) is 0.650. The van der Waals surface area contributed by atoms with Crippen molar-refractivity contribution >= 4 is 6.21 Å². The molecule has 0 aliphatic heterocycles. The van der Waals surface area contributed by atoms with Crippen molar-refractivity contribution in [2.45, 2.75) is 86.5 Å². The lowest BCUT2D eigenvalue weighted by atomic mass is 9.92. The molecule has 0 fully saturated rings. The Morgan fingerprint density at radius 2 is 1.73 bits per heavy atom. The Morgan fingerprint density at radius 3 is 2.23 bits per heavy atom. The molecule has 0 amide bonds. The lowest BCUT2D eigenvalue weighted by molar-refractivity contribution is 0.712. The van der Waals surface area contributed by atoms with E-state index in [1.165, 1.54) is 36.0 Å². The van der Waals surface area contributed by atoms with Crippen LogP contribution in [0.3, 0.4) is 0 Å². The van der Waals surface area contributed by atoms with Crippen molar-refractivity contribution in [3.63, 3.8) is 0 Å². The summed E-state index contributed by atoms with van der Waals surface area (Å²) < 4.78 is 0. The van der Waals surface area contributed by atoms with Crippen LogP contribution in [0.2, 0.25) is 0 Å². The molecule has 0 unspecified atom stereocenters. The van der Waals surface area contributed by atoms with E-state index in [2.05, 4.69) is 45.7 Å². The first-order valence-electron chi connectivity index (χ1n) is 8.87.